The van der Waals surface area contributed by atoms with E-state index in [1.165, 1.54) is 5.56 Å². The number of nitrogens with two attached hydrogens (primary N) is 1. The van der Waals surface area contributed by atoms with Crippen molar-refractivity contribution in [2.75, 3.05) is 5.73 Å². The Morgan fingerprint density at radius 2 is 1.58 bits per heavy atom. The molecule has 0 bridgehead atoms. The van der Waals surface area contributed by atoms with Crippen LogP contribution in [0.3, 0.4) is 0 Å². The summed E-state index contributed by atoms with van der Waals surface area (Å²) in [5, 5.41) is 0. The Morgan fingerprint density at radius 3 is 2.11 bits per heavy atom. The molecule has 0 unspecified atom stereocenters. The monoisotopic (exact) mass is 255 g/mol. The average Bonchev–Trinajstić information content (AvgIpc) is 2.33. The second kappa shape index (κ2) is 4.96. The molecule has 2 nitrogen and oxygen atoms in total. The molecule has 0 spiro atoms. The van der Waals surface area contributed by atoms with Gasteiger partial charge >= 0.3 is 0 Å². The zero-order valence-electron chi connectivity index (χ0n) is 12.0. The van der Waals surface area contributed by atoms with Gasteiger partial charge in [0.15, 0.2) is 0 Å². The minimum absolute atomic E-state index is 0.157. The lowest BCUT2D eigenvalue weighted by molar-refractivity contribution is 0.477. The molecule has 0 aliphatic carbocycles. The van der Waals surface area contributed by atoms with Gasteiger partial charge in [-0.15, -0.1) is 0 Å². The molecule has 0 saturated carbocycles. The van der Waals surface area contributed by atoms with Gasteiger partial charge in [0, 0.05) is 5.69 Å². The molecule has 2 rings (SSSR count). The van der Waals surface area contributed by atoms with Gasteiger partial charge in [0.05, 0.1) is 0 Å². The van der Waals surface area contributed by atoms with Crippen molar-refractivity contribution < 1.29 is 4.74 Å². The molecule has 100 valence electrons. The lowest BCUT2D eigenvalue weighted by atomic mass is 9.86. The van der Waals surface area contributed by atoms with Gasteiger partial charge in [-0.3, -0.25) is 0 Å². The van der Waals surface area contributed by atoms with Crippen LogP contribution in [0.25, 0.3) is 0 Å². The molecule has 0 atom stereocenters. The van der Waals surface area contributed by atoms with Crippen molar-refractivity contribution >= 4 is 5.69 Å². The first-order chi connectivity index (χ1) is 8.86. The Kier molecular flexibility index (Phi) is 3.52. The van der Waals surface area contributed by atoms with E-state index in [4.69, 9.17) is 10.5 Å². The fraction of sp³-hybridized carbons (Fsp3) is 0.294. The van der Waals surface area contributed by atoms with E-state index in [9.17, 15) is 0 Å². The fourth-order valence-electron chi connectivity index (χ4n) is 1.89. The molecule has 2 aromatic rings. The maximum atomic E-state index is 5.88. The normalized spacial score (nSPS) is 11.4. The summed E-state index contributed by atoms with van der Waals surface area (Å²) in [7, 11) is 0. The topological polar surface area (TPSA) is 35.2 Å². The number of aryl methyl sites for hydroxylation is 1. The number of hydrogen-bond acceptors (Lipinski definition) is 2. The predicted molar refractivity (Wildman–Crippen MR) is 80.8 cm³/mol. The quantitative estimate of drug-likeness (QED) is 0.792. The lowest BCUT2D eigenvalue weighted by Crippen LogP contribution is -2.11. The predicted octanol–water partition coefficient (Wildman–Crippen LogP) is 4.67. The Labute approximate surface area is 115 Å². The van der Waals surface area contributed by atoms with Crippen molar-refractivity contribution in [2.24, 2.45) is 0 Å². The van der Waals surface area contributed by atoms with E-state index in [0.29, 0.717) is 0 Å². The van der Waals surface area contributed by atoms with E-state index >= 15 is 0 Å². The Balaban J connectivity index is 2.24. The first-order valence-corrected chi connectivity index (χ1v) is 6.51. The molecule has 0 amide bonds. The largest absolute Gasteiger partial charge is 0.457 e. The molecule has 0 radical (unpaired) electrons. The maximum Gasteiger partial charge on any atom is 0.130 e. The van der Waals surface area contributed by atoms with Gasteiger partial charge in [0.25, 0.3) is 0 Å². The van der Waals surface area contributed by atoms with Gasteiger partial charge in [-0.05, 0) is 53.8 Å². The van der Waals surface area contributed by atoms with Crippen LogP contribution in [0.5, 0.6) is 11.5 Å². The summed E-state index contributed by atoms with van der Waals surface area (Å²) in [6.07, 6.45) is 0. The van der Waals surface area contributed by atoms with Crippen molar-refractivity contribution in [3.8, 4) is 11.5 Å². The molecule has 0 fully saturated rings. The highest BCUT2D eigenvalue weighted by Crippen LogP contribution is 2.30. The minimum Gasteiger partial charge on any atom is -0.457 e. The van der Waals surface area contributed by atoms with Crippen LogP contribution in [0.4, 0.5) is 5.69 Å². The first-order valence-electron chi connectivity index (χ1n) is 6.51. The van der Waals surface area contributed by atoms with E-state index in [1.54, 1.807) is 0 Å². The Bertz CT molecular complexity index is 565. The van der Waals surface area contributed by atoms with Gasteiger partial charge in [0.1, 0.15) is 11.5 Å². The second-order valence-electron chi connectivity index (χ2n) is 5.90. The summed E-state index contributed by atoms with van der Waals surface area (Å²) in [6.45, 7) is 8.70. The summed E-state index contributed by atoms with van der Waals surface area (Å²) < 4.78 is 5.88. The first kappa shape index (κ1) is 13.5. The van der Waals surface area contributed by atoms with Crippen LogP contribution in [0.15, 0.2) is 42.5 Å². The Hall–Kier alpha value is -1.96. The summed E-state index contributed by atoms with van der Waals surface area (Å²) in [4.78, 5) is 0. The molecule has 2 aromatic carbocycles. The Morgan fingerprint density at radius 1 is 0.947 bits per heavy atom. The third-order valence-corrected chi connectivity index (χ3v) is 3.15. The van der Waals surface area contributed by atoms with Gasteiger partial charge in [-0.1, -0.05) is 32.9 Å². The van der Waals surface area contributed by atoms with E-state index in [0.717, 1.165) is 22.7 Å². The molecular weight excluding hydrogens is 234 g/mol. The summed E-state index contributed by atoms with van der Waals surface area (Å²) in [5.41, 5.74) is 9.02. The highest BCUT2D eigenvalue weighted by atomic mass is 16.5. The number of nitrogen functional groups attached to an aromatic ring is 1. The van der Waals surface area contributed by atoms with Crippen molar-refractivity contribution in [2.45, 2.75) is 33.1 Å². The van der Waals surface area contributed by atoms with Crippen molar-refractivity contribution in [1.29, 1.82) is 0 Å². The number of anilines is 1. The number of hydrogen-bond donors (Lipinski definition) is 1. The van der Waals surface area contributed by atoms with Crippen LogP contribution in [0.1, 0.15) is 31.9 Å². The zero-order chi connectivity index (χ0) is 14.0. The molecule has 0 aliphatic heterocycles. The maximum absolute atomic E-state index is 5.88. The minimum atomic E-state index is 0.157. The van der Waals surface area contributed by atoms with Crippen LogP contribution in [-0.4, -0.2) is 0 Å². The van der Waals surface area contributed by atoms with Crippen LogP contribution in [-0.2, 0) is 5.41 Å². The van der Waals surface area contributed by atoms with Gasteiger partial charge < -0.3 is 10.5 Å². The van der Waals surface area contributed by atoms with Gasteiger partial charge in [0.2, 0.25) is 0 Å². The van der Waals surface area contributed by atoms with Crippen molar-refractivity contribution in [3.63, 3.8) is 0 Å². The lowest BCUT2D eigenvalue weighted by Gasteiger charge is -2.20. The van der Waals surface area contributed by atoms with E-state index < -0.39 is 0 Å². The fourth-order valence-corrected chi connectivity index (χ4v) is 1.89. The third kappa shape index (κ3) is 3.28. The smallest absolute Gasteiger partial charge is 0.130 e. The van der Waals surface area contributed by atoms with Crippen LogP contribution in [0.2, 0.25) is 0 Å². The number of benzene rings is 2. The molecule has 0 saturated heterocycles. The number of rotatable bonds is 2. The summed E-state index contributed by atoms with van der Waals surface area (Å²) in [6, 6.07) is 13.8. The van der Waals surface area contributed by atoms with Crippen molar-refractivity contribution in [1.82, 2.24) is 0 Å². The summed E-state index contributed by atoms with van der Waals surface area (Å²) >= 11 is 0. The van der Waals surface area contributed by atoms with Crippen LogP contribution < -0.4 is 10.5 Å². The molecular formula is C17H21NO. The van der Waals surface area contributed by atoms with Gasteiger partial charge in [-0.25, -0.2) is 0 Å². The third-order valence-electron chi connectivity index (χ3n) is 3.15. The summed E-state index contributed by atoms with van der Waals surface area (Å²) in [5.74, 6) is 1.69. The average molecular weight is 255 g/mol. The van der Waals surface area contributed by atoms with Crippen LogP contribution in [0, 0.1) is 6.92 Å². The van der Waals surface area contributed by atoms with Crippen LogP contribution >= 0.6 is 0 Å². The highest BCUT2D eigenvalue weighted by molar-refractivity contribution is 5.45. The molecule has 19 heavy (non-hydrogen) atoms. The molecule has 0 aliphatic rings. The second-order valence-corrected chi connectivity index (χ2v) is 5.90. The molecule has 2 heteroatoms. The molecule has 2 N–H and O–H groups in total. The van der Waals surface area contributed by atoms with Gasteiger partial charge in [-0.2, -0.15) is 0 Å². The van der Waals surface area contributed by atoms with E-state index in [2.05, 4.69) is 39.8 Å². The standard InChI is InChI=1S/C17H21NO/c1-12-11-13(17(2,3)4)5-10-16(12)19-15-8-6-14(18)7-9-15/h5-11H,18H2,1-4H3. The highest BCUT2D eigenvalue weighted by Gasteiger charge is 2.14. The molecule has 0 heterocycles. The number of ether oxygens (including phenoxy) is 1. The molecule has 0 aromatic heterocycles. The van der Waals surface area contributed by atoms with Crippen molar-refractivity contribution in [3.05, 3.63) is 53.6 Å². The van der Waals surface area contributed by atoms with E-state index in [-0.39, 0.29) is 5.41 Å². The SMILES string of the molecule is Cc1cc(C(C)(C)C)ccc1Oc1ccc(N)cc1. The zero-order valence-corrected chi connectivity index (χ0v) is 12.0. The van der Waals surface area contributed by atoms with E-state index in [1.807, 2.05) is 30.3 Å².